The van der Waals surface area contributed by atoms with Crippen molar-refractivity contribution < 1.29 is 19.0 Å². The summed E-state index contributed by atoms with van der Waals surface area (Å²) < 4.78 is 17.6. The average molecular weight is 538 g/mol. The molecule has 1 saturated heterocycles. The molecule has 4 rings (SSSR count). The van der Waals surface area contributed by atoms with Gasteiger partial charge < -0.3 is 14.2 Å². The highest BCUT2D eigenvalue weighted by Crippen LogP contribution is 2.25. The quantitative estimate of drug-likeness (QED) is 0.258. The van der Waals surface area contributed by atoms with Gasteiger partial charge in [0, 0.05) is 19.6 Å². The summed E-state index contributed by atoms with van der Waals surface area (Å²) in [4.78, 5) is 14.9. The number of hydrogen-bond donors (Lipinski definition) is 0. The molecule has 6 heteroatoms. The van der Waals surface area contributed by atoms with Gasteiger partial charge in [-0.15, -0.1) is 12.4 Å². The second kappa shape index (κ2) is 14.9. The molecule has 0 N–H and O–H groups in total. The molecule has 0 spiro atoms. The molecule has 204 valence electrons. The number of nitrogens with zero attached hydrogens (tertiary/aromatic N) is 1. The number of carbonyl (C=O) groups excluding carboxylic acids is 1. The number of hydrogen-bond acceptors (Lipinski definition) is 5. The van der Waals surface area contributed by atoms with Gasteiger partial charge in [-0.05, 0) is 53.6 Å². The van der Waals surface area contributed by atoms with E-state index in [2.05, 4.69) is 55.1 Å². The molecule has 0 bridgehead atoms. The van der Waals surface area contributed by atoms with Crippen LogP contribution in [-0.4, -0.2) is 43.7 Å². The summed E-state index contributed by atoms with van der Waals surface area (Å²) >= 11 is 0. The van der Waals surface area contributed by atoms with E-state index in [0.717, 1.165) is 42.0 Å². The van der Waals surface area contributed by atoms with Crippen molar-refractivity contribution in [1.29, 1.82) is 0 Å². The van der Waals surface area contributed by atoms with E-state index in [9.17, 15) is 4.79 Å². The maximum absolute atomic E-state index is 12.6. The molecule has 0 aliphatic carbocycles. The van der Waals surface area contributed by atoms with E-state index in [4.69, 9.17) is 14.2 Å². The third-order valence-electron chi connectivity index (χ3n) is 6.78. The first kappa shape index (κ1) is 29.7. The molecule has 0 radical (unpaired) electrons. The lowest BCUT2D eigenvalue weighted by molar-refractivity contribution is -0.146. The Morgan fingerprint density at radius 2 is 1.66 bits per heavy atom. The Morgan fingerprint density at radius 3 is 2.34 bits per heavy atom. The topological polar surface area (TPSA) is 48.0 Å². The normalized spacial score (nSPS) is 16.5. The predicted octanol–water partition coefficient (Wildman–Crippen LogP) is 6.61. The number of benzene rings is 3. The smallest absolute Gasteiger partial charge is 0.313 e. The molecule has 0 amide bonds. The number of rotatable bonds is 11. The van der Waals surface area contributed by atoms with E-state index in [-0.39, 0.29) is 30.4 Å². The standard InChI is InChI=1S/C32H39NO4.ClH/c1-24(2)21-26-9-11-28(12-10-26)25(3)32(34)36-20-18-33-17-19-35-31(22-33)29-13-15-30(16-14-29)37-23-27-7-5-4-6-8-27;/h4-16,24-25,31H,17-23H2,1-3H3;1H. The number of halogens is 1. The molecule has 2 unspecified atom stereocenters. The highest BCUT2D eigenvalue weighted by Gasteiger charge is 2.23. The van der Waals surface area contributed by atoms with Crippen LogP contribution in [0.1, 0.15) is 55.0 Å². The van der Waals surface area contributed by atoms with Crippen molar-refractivity contribution in [3.05, 3.63) is 101 Å². The molecule has 38 heavy (non-hydrogen) atoms. The molecule has 3 aromatic rings. The van der Waals surface area contributed by atoms with Gasteiger partial charge in [-0.2, -0.15) is 0 Å². The summed E-state index contributed by atoms with van der Waals surface area (Å²) in [6, 6.07) is 26.6. The van der Waals surface area contributed by atoms with Crippen molar-refractivity contribution >= 4 is 18.4 Å². The van der Waals surface area contributed by atoms with Crippen molar-refractivity contribution in [2.24, 2.45) is 5.92 Å². The average Bonchev–Trinajstić information content (AvgIpc) is 2.92. The number of carbonyl (C=O) groups is 1. The van der Waals surface area contributed by atoms with E-state index in [1.54, 1.807) is 0 Å². The summed E-state index contributed by atoms with van der Waals surface area (Å²) in [5.74, 6) is 1.02. The summed E-state index contributed by atoms with van der Waals surface area (Å²) in [5, 5.41) is 0. The van der Waals surface area contributed by atoms with Gasteiger partial charge in [-0.25, -0.2) is 0 Å². The fourth-order valence-corrected chi connectivity index (χ4v) is 4.58. The van der Waals surface area contributed by atoms with Crippen LogP contribution in [0, 0.1) is 5.92 Å². The second-order valence-corrected chi connectivity index (χ2v) is 10.2. The van der Waals surface area contributed by atoms with Gasteiger partial charge in [0.1, 0.15) is 19.0 Å². The first-order valence-electron chi connectivity index (χ1n) is 13.3. The monoisotopic (exact) mass is 537 g/mol. The second-order valence-electron chi connectivity index (χ2n) is 10.2. The highest BCUT2D eigenvalue weighted by molar-refractivity contribution is 5.85. The van der Waals surface area contributed by atoms with Crippen molar-refractivity contribution in [2.45, 2.75) is 45.8 Å². The first-order valence-corrected chi connectivity index (χ1v) is 13.3. The van der Waals surface area contributed by atoms with Crippen molar-refractivity contribution in [2.75, 3.05) is 32.8 Å². The minimum Gasteiger partial charge on any atom is -0.489 e. The van der Waals surface area contributed by atoms with Gasteiger partial charge in [-0.1, -0.05) is 80.6 Å². The zero-order valence-corrected chi connectivity index (χ0v) is 23.5. The van der Waals surface area contributed by atoms with E-state index >= 15 is 0 Å². The lowest BCUT2D eigenvalue weighted by Crippen LogP contribution is -2.40. The SMILES string of the molecule is CC(C)Cc1ccc(C(C)C(=O)OCCN2CCOC(c3ccc(OCc4ccccc4)cc3)C2)cc1.Cl. The van der Waals surface area contributed by atoms with Crippen LogP contribution in [0.25, 0.3) is 0 Å². The van der Waals surface area contributed by atoms with Gasteiger partial charge in [0.25, 0.3) is 0 Å². The van der Waals surface area contributed by atoms with E-state index in [0.29, 0.717) is 32.3 Å². The Morgan fingerprint density at radius 1 is 0.947 bits per heavy atom. The number of esters is 1. The van der Waals surface area contributed by atoms with Crippen LogP contribution in [0.5, 0.6) is 5.75 Å². The van der Waals surface area contributed by atoms with Gasteiger partial charge >= 0.3 is 5.97 Å². The molecular weight excluding hydrogens is 498 g/mol. The maximum atomic E-state index is 12.6. The third kappa shape index (κ3) is 8.87. The Bertz CT molecular complexity index is 1100. The Kier molecular flexibility index (Phi) is 11.7. The Labute approximate surface area is 233 Å². The molecule has 1 fully saturated rings. The summed E-state index contributed by atoms with van der Waals surface area (Å²) in [7, 11) is 0. The predicted molar refractivity (Wildman–Crippen MR) is 154 cm³/mol. The maximum Gasteiger partial charge on any atom is 0.313 e. The van der Waals surface area contributed by atoms with Crippen LogP contribution in [0.3, 0.4) is 0 Å². The number of ether oxygens (including phenoxy) is 3. The van der Waals surface area contributed by atoms with Gasteiger partial charge in [-0.3, -0.25) is 9.69 Å². The van der Waals surface area contributed by atoms with Gasteiger partial charge in [0.15, 0.2) is 0 Å². The zero-order valence-electron chi connectivity index (χ0n) is 22.7. The van der Waals surface area contributed by atoms with Crippen LogP contribution in [0.4, 0.5) is 0 Å². The lowest BCUT2D eigenvalue weighted by Gasteiger charge is -2.33. The van der Waals surface area contributed by atoms with Crippen LogP contribution in [0.2, 0.25) is 0 Å². The molecular formula is C32H40ClNO4. The van der Waals surface area contributed by atoms with Crippen LogP contribution in [0.15, 0.2) is 78.9 Å². The van der Waals surface area contributed by atoms with Crippen molar-refractivity contribution in [3.63, 3.8) is 0 Å². The van der Waals surface area contributed by atoms with E-state index in [1.165, 1.54) is 5.56 Å². The zero-order chi connectivity index (χ0) is 26.0. The summed E-state index contributed by atoms with van der Waals surface area (Å²) in [5.41, 5.74) is 4.58. The minimum absolute atomic E-state index is 0. The van der Waals surface area contributed by atoms with Gasteiger partial charge in [0.05, 0.1) is 18.6 Å². The molecule has 0 aromatic heterocycles. The fraction of sp³-hybridized carbons (Fsp3) is 0.406. The molecule has 1 heterocycles. The van der Waals surface area contributed by atoms with Crippen molar-refractivity contribution in [3.8, 4) is 5.75 Å². The largest absolute Gasteiger partial charge is 0.489 e. The molecule has 3 aromatic carbocycles. The van der Waals surface area contributed by atoms with Crippen molar-refractivity contribution in [1.82, 2.24) is 4.90 Å². The number of morpholine rings is 1. The third-order valence-corrected chi connectivity index (χ3v) is 6.78. The Hall–Kier alpha value is -2.86. The van der Waals surface area contributed by atoms with Crippen LogP contribution in [-0.2, 0) is 27.3 Å². The molecule has 0 saturated carbocycles. The van der Waals surface area contributed by atoms with Crippen LogP contribution >= 0.6 is 12.4 Å². The van der Waals surface area contributed by atoms with Crippen LogP contribution < -0.4 is 4.74 Å². The highest BCUT2D eigenvalue weighted by atomic mass is 35.5. The molecule has 1 aliphatic rings. The lowest BCUT2D eigenvalue weighted by atomic mass is 9.97. The summed E-state index contributed by atoms with van der Waals surface area (Å²) in [6.07, 6.45) is 1.04. The molecule has 2 atom stereocenters. The fourth-order valence-electron chi connectivity index (χ4n) is 4.58. The molecule has 1 aliphatic heterocycles. The Balaban J connectivity index is 0.00000400. The summed E-state index contributed by atoms with van der Waals surface area (Å²) in [6.45, 7) is 10.2. The minimum atomic E-state index is -0.270. The molecule has 5 nitrogen and oxygen atoms in total. The van der Waals surface area contributed by atoms with Gasteiger partial charge in [0.2, 0.25) is 0 Å². The van der Waals surface area contributed by atoms with E-state index < -0.39 is 0 Å². The first-order chi connectivity index (χ1) is 18.0. The van der Waals surface area contributed by atoms with E-state index in [1.807, 2.05) is 49.4 Å².